The van der Waals surface area contributed by atoms with Crippen LogP contribution in [0.25, 0.3) is 23.1 Å². The second kappa shape index (κ2) is 5.02. The summed E-state index contributed by atoms with van der Waals surface area (Å²) in [6, 6.07) is 16.4. The lowest BCUT2D eigenvalue weighted by molar-refractivity contribution is 0.628. The maximum Gasteiger partial charge on any atom is 0.123 e. The second-order valence-corrected chi connectivity index (χ2v) is 4.30. The van der Waals surface area contributed by atoms with E-state index >= 15 is 0 Å². The predicted molar refractivity (Wildman–Crippen MR) is 77.1 cm³/mol. The SMILES string of the molecule is Fc1ccc(/C=C/c2ccnc3ccccc23)cc1. The first-order valence-electron chi connectivity index (χ1n) is 6.10. The van der Waals surface area contributed by atoms with E-state index in [2.05, 4.69) is 4.98 Å². The van der Waals surface area contributed by atoms with Gasteiger partial charge in [0.15, 0.2) is 0 Å². The van der Waals surface area contributed by atoms with Gasteiger partial charge in [-0.1, -0.05) is 42.5 Å². The maximum absolute atomic E-state index is 12.8. The van der Waals surface area contributed by atoms with Crippen molar-refractivity contribution in [3.63, 3.8) is 0 Å². The predicted octanol–water partition coefficient (Wildman–Crippen LogP) is 4.54. The van der Waals surface area contributed by atoms with Gasteiger partial charge in [-0.05, 0) is 35.4 Å². The number of halogens is 1. The summed E-state index contributed by atoms with van der Waals surface area (Å²) >= 11 is 0. The average molecular weight is 249 g/mol. The molecule has 2 aromatic carbocycles. The molecule has 0 spiro atoms. The van der Waals surface area contributed by atoms with Crippen molar-refractivity contribution >= 4 is 23.1 Å². The van der Waals surface area contributed by atoms with Crippen molar-refractivity contribution < 1.29 is 4.39 Å². The molecule has 92 valence electrons. The Hall–Kier alpha value is -2.48. The third-order valence-corrected chi connectivity index (χ3v) is 3.01. The Bertz CT molecular complexity index is 724. The zero-order chi connectivity index (χ0) is 13.1. The summed E-state index contributed by atoms with van der Waals surface area (Å²) in [5.74, 6) is -0.216. The molecule has 0 bridgehead atoms. The Morgan fingerprint density at radius 1 is 0.842 bits per heavy atom. The van der Waals surface area contributed by atoms with Crippen LogP contribution in [0.5, 0.6) is 0 Å². The molecule has 1 heterocycles. The fourth-order valence-electron chi connectivity index (χ4n) is 2.02. The summed E-state index contributed by atoms with van der Waals surface area (Å²) in [6.45, 7) is 0. The van der Waals surface area contributed by atoms with Crippen LogP contribution in [0.3, 0.4) is 0 Å². The van der Waals surface area contributed by atoms with Crippen molar-refractivity contribution in [1.29, 1.82) is 0 Å². The molecule has 1 nitrogen and oxygen atoms in total. The van der Waals surface area contributed by atoms with Gasteiger partial charge in [0.1, 0.15) is 5.82 Å². The van der Waals surface area contributed by atoms with Gasteiger partial charge in [-0.2, -0.15) is 0 Å². The molecule has 0 amide bonds. The minimum atomic E-state index is -0.216. The molecule has 2 heteroatoms. The zero-order valence-electron chi connectivity index (χ0n) is 10.3. The van der Waals surface area contributed by atoms with E-state index in [9.17, 15) is 4.39 Å². The summed E-state index contributed by atoms with van der Waals surface area (Å²) in [6.07, 6.45) is 5.80. The van der Waals surface area contributed by atoms with Crippen LogP contribution in [0.4, 0.5) is 4.39 Å². The average Bonchev–Trinajstić information content (AvgIpc) is 2.47. The van der Waals surface area contributed by atoms with Gasteiger partial charge in [0, 0.05) is 11.6 Å². The third-order valence-electron chi connectivity index (χ3n) is 3.01. The van der Waals surface area contributed by atoms with Crippen molar-refractivity contribution in [2.75, 3.05) is 0 Å². The van der Waals surface area contributed by atoms with Crippen molar-refractivity contribution in [1.82, 2.24) is 4.98 Å². The summed E-state index contributed by atoms with van der Waals surface area (Å²) < 4.78 is 12.8. The molecular weight excluding hydrogens is 237 g/mol. The first-order chi connectivity index (χ1) is 9.33. The molecule has 0 fully saturated rings. The molecule has 3 aromatic rings. The maximum atomic E-state index is 12.8. The summed E-state index contributed by atoms with van der Waals surface area (Å²) in [7, 11) is 0. The van der Waals surface area contributed by atoms with Crippen molar-refractivity contribution in [3.8, 4) is 0 Å². The Kier molecular flexibility index (Phi) is 3.07. The number of fused-ring (bicyclic) bond motifs is 1. The van der Waals surface area contributed by atoms with E-state index in [1.807, 2.05) is 42.5 Å². The van der Waals surface area contributed by atoms with Crippen molar-refractivity contribution in [2.45, 2.75) is 0 Å². The molecule has 0 radical (unpaired) electrons. The van der Waals surface area contributed by atoms with Gasteiger partial charge < -0.3 is 0 Å². The van der Waals surface area contributed by atoms with Crippen LogP contribution >= 0.6 is 0 Å². The van der Waals surface area contributed by atoms with E-state index in [0.29, 0.717) is 0 Å². The Balaban J connectivity index is 1.99. The lowest BCUT2D eigenvalue weighted by atomic mass is 10.1. The van der Waals surface area contributed by atoms with E-state index in [-0.39, 0.29) is 5.82 Å². The van der Waals surface area contributed by atoms with Crippen molar-refractivity contribution in [3.05, 3.63) is 77.7 Å². The van der Waals surface area contributed by atoms with Crippen molar-refractivity contribution in [2.24, 2.45) is 0 Å². The molecular formula is C17H12FN. The number of benzene rings is 2. The van der Waals surface area contributed by atoms with Crippen LogP contribution in [0.15, 0.2) is 60.8 Å². The van der Waals surface area contributed by atoms with Gasteiger partial charge in [0.2, 0.25) is 0 Å². The number of pyridine rings is 1. The molecule has 0 aliphatic rings. The minimum absolute atomic E-state index is 0.216. The van der Waals surface area contributed by atoms with E-state index in [1.165, 1.54) is 12.1 Å². The lowest BCUT2D eigenvalue weighted by Crippen LogP contribution is -1.81. The molecule has 0 saturated heterocycles. The Labute approximate surface area is 111 Å². The molecule has 0 unspecified atom stereocenters. The fraction of sp³-hybridized carbons (Fsp3) is 0. The fourth-order valence-corrected chi connectivity index (χ4v) is 2.02. The quantitative estimate of drug-likeness (QED) is 0.649. The van der Waals surface area contributed by atoms with Crippen LogP contribution in [0.1, 0.15) is 11.1 Å². The van der Waals surface area contributed by atoms with Crippen LogP contribution < -0.4 is 0 Å². The second-order valence-electron chi connectivity index (χ2n) is 4.30. The van der Waals surface area contributed by atoms with Gasteiger partial charge in [-0.25, -0.2) is 4.39 Å². The highest BCUT2D eigenvalue weighted by molar-refractivity contribution is 5.90. The van der Waals surface area contributed by atoms with Gasteiger partial charge >= 0.3 is 0 Å². The van der Waals surface area contributed by atoms with Gasteiger partial charge in [-0.3, -0.25) is 4.98 Å². The highest BCUT2D eigenvalue weighted by Gasteiger charge is 1.97. The number of para-hydroxylation sites is 1. The molecule has 0 N–H and O–H groups in total. The van der Waals surface area contributed by atoms with Crippen LogP contribution in [0, 0.1) is 5.82 Å². The molecule has 0 aliphatic heterocycles. The lowest BCUT2D eigenvalue weighted by Gasteiger charge is -2.00. The summed E-state index contributed by atoms with van der Waals surface area (Å²) in [4.78, 5) is 4.32. The number of aromatic nitrogens is 1. The summed E-state index contributed by atoms with van der Waals surface area (Å²) in [5.41, 5.74) is 3.06. The van der Waals surface area contributed by atoms with Crippen LogP contribution in [-0.2, 0) is 0 Å². The van der Waals surface area contributed by atoms with Gasteiger partial charge in [-0.15, -0.1) is 0 Å². The molecule has 0 saturated carbocycles. The highest BCUT2D eigenvalue weighted by Crippen LogP contribution is 2.18. The topological polar surface area (TPSA) is 12.9 Å². The smallest absolute Gasteiger partial charge is 0.123 e. The van der Waals surface area contributed by atoms with E-state index in [1.54, 1.807) is 18.3 Å². The molecule has 1 aromatic heterocycles. The first-order valence-corrected chi connectivity index (χ1v) is 6.10. The standard InChI is InChI=1S/C17H12FN/c18-15-9-6-13(7-10-15)5-8-14-11-12-19-17-4-2-1-3-16(14)17/h1-12H/b8-5+. The third kappa shape index (κ3) is 2.52. The normalized spacial score (nSPS) is 11.2. The van der Waals surface area contributed by atoms with E-state index in [4.69, 9.17) is 0 Å². The van der Waals surface area contributed by atoms with Crippen LogP contribution in [0.2, 0.25) is 0 Å². The van der Waals surface area contributed by atoms with E-state index in [0.717, 1.165) is 22.0 Å². The number of hydrogen-bond acceptors (Lipinski definition) is 1. The minimum Gasteiger partial charge on any atom is -0.256 e. The number of nitrogens with zero attached hydrogens (tertiary/aromatic N) is 1. The number of hydrogen-bond donors (Lipinski definition) is 0. The Morgan fingerprint density at radius 2 is 1.63 bits per heavy atom. The summed E-state index contributed by atoms with van der Waals surface area (Å²) in [5, 5.41) is 1.11. The Morgan fingerprint density at radius 3 is 2.47 bits per heavy atom. The molecule has 19 heavy (non-hydrogen) atoms. The van der Waals surface area contributed by atoms with Gasteiger partial charge in [0.05, 0.1) is 5.52 Å². The molecule has 0 aliphatic carbocycles. The van der Waals surface area contributed by atoms with Gasteiger partial charge in [0.25, 0.3) is 0 Å². The zero-order valence-corrected chi connectivity index (χ0v) is 10.3. The largest absolute Gasteiger partial charge is 0.256 e. The van der Waals surface area contributed by atoms with Crippen LogP contribution in [-0.4, -0.2) is 4.98 Å². The monoisotopic (exact) mass is 249 g/mol. The molecule has 3 rings (SSSR count). The first kappa shape index (κ1) is 11.6. The molecule has 0 atom stereocenters. The highest BCUT2D eigenvalue weighted by atomic mass is 19.1. The van der Waals surface area contributed by atoms with E-state index < -0.39 is 0 Å². The number of rotatable bonds is 2.